The zero-order valence-corrected chi connectivity index (χ0v) is 17.5. The molecule has 148 valence electrons. The first-order valence-corrected chi connectivity index (χ1v) is 9.10. The van der Waals surface area contributed by atoms with Crippen LogP contribution in [0.5, 0.6) is 5.75 Å². The molecule has 1 aromatic carbocycles. The number of carbonyl (C=O) groups excluding carboxylic acids is 1. The molecule has 5 nitrogen and oxygen atoms in total. The van der Waals surface area contributed by atoms with Gasteiger partial charge in [0.1, 0.15) is 11.3 Å². The first-order valence-electron chi connectivity index (χ1n) is 9.10. The van der Waals surface area contributed by atoms with Crippen LogP contribution in [0.15, 0.2) is 24.3 Å². The molecule has 0 aliphatic heterocycles. The molecule has 1 amide bonds. The SMILES string of the molecule is CCOC1CC(N)(C(=O)NC(C)c2cccc(OC(C)C)c2)C1(C)C.Cl. The van der Waals surface area contributed by atoms with Gasteiger partial charge in [0, 0.05) is 18.4 Å². The van der Waals surface area contributed by atoms with Crippen molar-refractivity contribution in [3.05, 3.63) is 29.8 Å². The second kappa shape index (κ2) is 8.59. The molecule has 3 N–H and O–H groups in total. The predicted octanol–water partition coefficient (Wildman–Crippen LogP) is 3.61. The molecule has 1 fully saturated rings. The zero-order chi connectivity index (χ0) is 18.8. The van der Waals surface area contributed by atoms with Gasteiger partial charge in [-0.3, -0.25) is 4.79 Å². The Hall–Kier alpha value is -1.30. The summed E-state index contributed by atoms with van der Waals surface area (Å²) in [7, 11) is 0. The Morgan fingerprint density at radius 2 is 2.00 bits per heavy atom. The van der Waals surface area contributed by atoms with Crippen LogP contribution in [-0.4, -0.2) is 30.3 Å². The van der Waals surface area contributed by atoms with Crippen LogP contribution in [0.3, 0.4) is 0 Å². The number of amides is 1. The number of hydrogen-bond acceptors (Lipinski definition) is 4. The highest BCUT2D eigenvalue weighted by Crippen LogP contribution is 2.50. The summed E-state index contributed by atoms with van der Waals surface area (Å²) in [4.78, 5) is 12.8. The summed E-state index contributed by atoms with van der Waals surface area (Å²) in [6, 6.07) is 7.65. The van der Waals surface area contributed by atoms with E-state index in [1.807, 2.05) is 65.8 Å². The maximum atomic E-state index is 12.8. The van der Waals surface area contributed by atoms with Crippen LogP contribution in [0, 0.1) is 5.41 Å². The van der Waals surface area contributed by atoms with Crippen molar-refractivity contribution < 1.29 is 14.3 Å². The standard InChI is InChI=1S/C20H32N2O3.ClH/c1-7-24-17-12-20(21,19(17,5)6)18(23)22-14(4)15-9-8-10-16(11-15)25-13(2)3;/h8-11,13-14,17H,7,12,21H2,1-6H3,(H,22,23);1H. The van der Waals surface area contributed by atoms with E-state index < -0.39 is 11.0 Å². The first-order chi connectivity index (χ1) is 11.6. The molecule has 1 aliphatic rings. The minimum atomic E-state index is -0.910. The highest BCUT2D eigenvalue weighted by atomic mass is 35.5. The third kappa shape index (κ3) is 4.33. The number of ether oxygens (including phenoxy) is 2. The van der Waals surface area contributed by atoms with E-state index in [2.05, 4.69) is 5.32 Å². The van der Waals surface area contributed by atoms with Crippen molar-refractivity contribution in [2.45, 2.75) is 71.8 Å². The predicted molar refractivity (Wildman–Crippen MR) is 107 cm³/mol. The van der Waals surface area contributed by atoms with Crippen molar-refractivity contribution in [3.63, 3.8) is 0 Å². The van der Waals surface area contributed by atoms with Crippen molar-refractivity contribution in [1.29, 1.82) is 0 Å². The lowest BCUT2D eigenvalue weighted by Gasteiger charge is -2.57. The van der Waals surface area contributed by atoms with Gasteiger partial charge in [-0.2, -0.15) is 0 Å². The highest BCUT2D eigenvalue weighted by molar-refractivity contribution is 5.89. The van der Waals surface area contributed by atoms with E-state index >= 15 is 0 Å². The summed E-state index contributed by atoms with van der Waals surface area (Å²) in [6.45, 7) is 12.5. The maximum Gasteiger partial charge on any atom is 0.241 e. The largest absolute Gasteiger partial charge is 0.491 e. The summed E-state index contributed by atoms with van der Waals surface area (Å²) in [5, 5.41) is 3.06. The summed E-state index contributed by atoms with van der Waals surface area (Å²) < 4.78 is 11.4. The van der Waals surface area contributed by atoms with E-state index in [4.69, 9.17) is 15.2 Å². The highest BCUT2D eigenvalue weighted by Gasteiger charge is 2.62. The average molecular weight is 385 g/mol. The Morgan fingerprint density at radius 1 is 1.35 bits per heavy atom. The van der Waals surface area contributed by atoms with Gasteiger partial charge in [0.2, 0.25) is 5.91 Å². The molecule has 3 unspecified atom stereocenters. The maximum absolute atomic E-state index is 12.8. The Bertz CT molecular complexity index is 621. The second-order valence-corrected chi connectivity index (χ2v) is 7.78. The summed E-state index contributed by atoms with van der Waals surface area (Å²) in [5.41, 5.74) is 6.14. The summed E-state index contributed by atoms with van der Waals surface area (Å²) >= 11 is 0. The van der Waals surface area contributed by atoms with Crippen molar-refractivity contribution >= 4 is 18.3 Å². The number of benzene rings is 1. The van der Waals surface area contributed by atoms with E-state index in [0.29, 0.717) is 13.0 Å². The van der Waals surface area contributed by atoms with Crippen LogP contribution in [0.4, 0.5) is 0 Å². The van der Waals surface area contributed by atoms with E-state index in [0.717, 1.165) is 11.3 Å². The van der Waals surface area contributed by atoms with Crippen molar-refractivity contribution in [3.8, 4) is 5.75 Å². The van der Waals surface area contributed by atoms with E-state index in [-0.39, 0.29) is 36.6 Å². The lowest BCUT2D eigenvalue weighted by Crippen LogP contribution is -2.75. The Labute approximate surface area is 163 Å². The molecular weight excluding hydrogens is 352 g/mol. The smallest absolute Gasteiger partial charge is 0.241 e. The minimum Gasteiger partial charge on any atom is -0.491 e. The first kappa shape index (κ1) is 22.7. The van der Waals surface area contributed by atoms with Gasteiger partial charge in [0.15, 0.2) is 0 Å². The van der Waals surface area contributed by atoms with Crippen molar-refractivity contribution in [2.75, 3.05) is 6.61 Å². The summed E-state index contributed by atoms with van der Waals surface area (Å²) in [5.74, 6) is 0.674. The zero-order valence-electron chi connectivity index (χ0n) is 16.7. The lowest BCUT2D eigenvalue weighted by molar-refractivity contribution is -0.171. The van der Waals surface area contributed by atoms with E-state index in [9.17, 15) is 4.79 Å². The number of halogens is 1. The van der Waals surface area contributed by atoms with Gasteiger partial charge in [-0.1, -0.05) is 26.0 Å². The Kier molecular flexibility index (Phi) is 7.52. The average Bonchev–Trinajstić information content (AvgIpc) is 2.53. The second-order valence-electron chi connectivity index (χ2n) is 7.78. The van der Waals surface area contributed by atoms with Crippen molar-refractivity contribution in [2.24, 2.45) is 11.1 Å². The molecule has 26 heavy (non-hydrogen) atoms. The number of nitrogens with two attached hydrogens (primary N) is 1. The van der Waals surface area contributed by atoms with Crippen LogP contribution >= 0.6 is 12.4 Å². The third-order valence-corrected chi connectivity index (χ3v) is 5.31. The Morgan fingerprint density at radius 3 is 2.54 bits per heavy atom. The molecule has 3 atom stereocenters. The topological polar surface area (TPSA) is 73.6 Å². The number of hydrogen-bond donors (Lipinski definition) is 2. The molecule has 2 rings (SSSR count). The number of carbonyl (C=O) groups is 1. The molecule has 1 aliphatic carbocycles. The van der Waals surface area contributed by atoms with Crippen LogP contribution in [0.25, 0.3) is 0 Å². The molecule has 0 aromatic heterocycles. The van der Waals surface area contributed by atoms with Gasteiger partial charge in [-0.25, -0.2) is 0 Å². The molecule has 1 aromatic rings. The molecule has 0 heterocycles. The third-order valence-electron chi connectivity index (χ3n) is 5.31. The molecule has 0 spiro atoms. The quantitative estimate of drug-likeness (QED) is 0.753. The lowest BCUT2D eigenvalue weighted by atomic mass is 9.54. The monoisotopic (exact) mass is 384 g/mol. The minimum absolute atomic E-state index is 0. The number of rotatable bonds is 7. The van der Waals surface area contributed by atoms with Gasteiger partial charge in [0.05, 0.1) is 18.2 Å². The van der Waals surface area contributed by atoms with Gasteiger partial charge < -0.3 is 20.5 Å². The fourth-order valence-corrected chi connectivity index (χ4v) is 3.36. The molecule has 0 saturated heterocycles. The Balaban J connectivity index is 0.00000338. The molecule has 6 heteroatoms. The number of nitrogens with one attached hydrogen (secondary N) is 1. The van der Waals surface area contributed by atoms with Crippen LogP contribution in [0.2, 0.25) is 0 Å². The van der Waals surface area contributed by atoms with Crippen LogP contribution < -0.4 is 15.8 Å². The van der Waals surface area contributed by atoms with E-state index in [1.165, 1.54) is 0 Å². The van der Waals surface area contributed by atoms with Crippen LogP contribution in [-0.2, 0) is 9.53 Å². The molecule has 0 bridgehead atoms. The molecule has 0 radical (unpaired) electrons. The fraction of sp³-hybridized carbons (Fsp3) is 0.650. The van der Waals surface area contributed by atoms with Crippen molar-refractivity contribution in [1.82, 2.24) is 5.32 Å². The van der Waals surface area contributed by atoms with Gasteiger partial charge >= 0.3 is 0 Å². The van der Waals surface area contributed by atoms with E-state index in [1.54, 1.807) is 0 Å². The molecular formula is C20H33ClN2O3. The molecule has 1 saturated carbocycles. The fourth-order valence-electron chi connectivity index (χ4n) is 3.36. The van der Waals surface area contributed by atoms with Crippen LogP contribution in [0.1, 0.15) is 59.6 Å². The summed E-state index contributed by atoms with van der Waals surface area (Å²) in [6.07, 6.45) is 0.674. The van der Waals surface area contributed by atoms with Gasteiger partial charge in [-0.05, 0) is 45.4 Å². The van der Waals surface area contributed by atoms with Gasteiger partial charge in [-0.15, -0.1) is 12.4 Å². The van der Waals surface area contributed by atoms with Gasteiger partial charge in [0.25, 0.3) is 0 Å². The normalized spacial score (nSPS) is 25.0.